The van der Waals surface area contributed by atoms with Gasteiger partial charge in [0.1, 0.15) is 17.1 Å². The number of pyridine rings is 1. The molecule has 2 heterocycles. The number of rotatable bonds is 5. The summed E-state index contributed by atoms with van der Waals surface area (Å²) in [5, 5.41) is 0. The monoisotopic (exact) mass is 301 g/mol. The van der Waals surface area contributed by atoms with Crippen LogP contribution in [0.4, 0.5) is 0 Å². The molecular weight excluding hydrogens is 286 g/mol. The molecule has 0 spiro atoms. The lowest BCUT2D eigenvalue weighted by Gasteiger charge is -2.07. The van der Waals surface area contributed by atoms with Crippen LogP contribution in [0.1, 0.15) is 18.4 Å². The van der Waals surface area contributed by atoms with Crippen LogP contribution in [-0.4, -0.2) is 21.1 Å². The van der Waals surface area contributed by atoms with Gasteiger partial charge in [0.05, 0.1) is 30.2 Å². The molecule has 0 amide bonds. The molecule has 0 unspecified atom stereocenters. The van der Waals surface area contributed by atoms with Crippen molar-refractivity contribution < 1.29 is 4.74 Å². The summed E-state index contributed by atoms with van der Waals surface area (Å²) in [7, 11) is 0. The maximum atomic E-state index is 6.05. The number of benzene rings is 1. The minimum Gasteiger partial charge on any atom is -0.492 e. The van der Waals surface area contributed by atoms with E-state index < -0.39 is 0 Å². The van der Waals surface area contributed by atoms with Crippen LogP contribution in [0, 0.1) is 0 Å². The van der Waals surface area contributed by atoms with E-state index in [2.05, 4.69) is 14.5 Å². The first-order valence-electron chi connectivity index (χ1n) is 6.90. The van der Waals surface area contributed by atoms with Crippen molar-refractivity contribution >= 4 is 22.6 Å². The molecule has 3 aromatic rings. The maximum Gasteiger partial charge on any atom is 0.147 e. The van der Waals surface area contributed by atoms with Crippen LogP contribution in [0.3, 0.4) is 0 Å². The zero-order valence-electron chi connectivity index (χ0n) is 11.8. The van der Waals surface area contributed by atoms with Gasteiger partial charge in [0, 0.05) is 6.20 Å². The Balaban J connectivity index is 2.10. The summed E-state index contributed by atoms with van der Waals surface area (Å²) in [5.41, 5.74) is 2.85. The average Bonchev–Trinajstić information content (AvgIpc) is 2.88. The Morgan fingerprint density at radius 1 is 1.19 bits per heavy atom. The van der Waals surface area contributed by atoms with Crippen LogP contribution < -0.4 is 4.74 Å². The molecule has 0 aliphatic carbocycles. The number of para-hydroxylation sites is 1. The number of fused-ring (bicyclic) bond motifs is 1. The van der Waals surface area contributed by atoms with Gasteiger partial charge in [-0.2, -0.15) is 0 Å². The van der Waals surface area contributed by atoms with Gasteiger partial charge in [0.15, 0.2) is 0 Å². The minimum absolute atomic E-state index is 0.354. The van der Waals surface area contributed by atoms with Crippen molar-refractivity contribution in [3.05, 3.63) is 54.1 Å². The predicted octanol–water partition coefficient (Wildman–Crippen LogP) is 3.62. The number of nitrogens with zero attached hydrogens (tertiary/aromatic N) is 3. The summed E-state index contributed by atoms with van der Waals surface area (Å²) >= 11 is 6.05. The van der Waals surface area contributed by atoms with E-state index in [0.29, 0.717) is 19.0 Å². The Morgan fingerprint density at radius 3 is 2.81 bits per heavy atom. The largest absolute Gasteiger partial charge is 0.492 e. The summed E-state index contributed by atoms with van der Waals surface area (Å²) in [5.74, 6) is 1.97. The number of hydrogen-bond donors (Lipinski definition) is 0. The number of imidazole rings is 1. The third kappa shape index (κ3) is 2.72. The normalized spacial score (nSPS) is 11.0. The summed E-state index contributed by atoms with van der Waals surface area (Å²) in [6, 6.07) is 11.8. The van der Waals surface area contributed by atoms with E-state index in [1.165, 1.54) is 0 Å². The first-order chi connectivity index (χ1) is 10.3. The van der Waals surface area contributed by atoms with Gasteiger partial charge in [-0.1, -0.05) is 12.1 Å². The van der Waals surface area contributed by atoms with Crippen molar-refractivity contribution in [3.8, 4) is 5.75 Å². The molecule has 4 nitrogen and oxygen atoms in total. The SMILES string of the molecule is CCOc1cccc2c1nc(CCl)n2Cc1ccccn1. The van der Waals surface area contributed by atoms with E-state index in [-0.39, 0.29) is 0 Å². The molecular formula is C16H16ClN3O. The second-order valence-electron chi connectivity index (χ2n) is 4.63. The van der Waals surface area contributed by atoms with Gasteiger partial charge in [0.2, 0.25) is 0 Å². The fraction of sp³-hybridized carbons (Fsp3) is 0.250. The Bertz CT molecular complexity index is 740. The smallest absolute Gasteiger partial charge is 0.147 e. The molecule has 1 aromatic carbocycles. The van der Waals surface area contributed by atoms with Crippen molar-refractivity contribution in [1.29, 1.82) is 0 Å². The van der Waals surface area contributed by atoms with Crippen molar-refractivity contribution in [1.82, 2.24) is 14.5 Å². The van der Waals surface area contributed by atoms with Gasteiger partial charge in [-0.25, -0.2) is 4.98 Å². The zero-order valence-corrected chi connectivity index (χ0v) is 12.5. The molecule has 0 bridgehead atoms. The first-order valence-corrected chi connectivity index (χ1v) is 7.43. The molecule has 3 rings (SSSR count). The highest BCUT2D eigenvalue weighted by Crippen LogP contribution is 2.27. The van der Waals surface area contributed by atoms with Gasteiger partial charge in [-0.3, -0.25) is 4.98 Å². The van der Waals surface area contributed by atoms with E-state index in [0.717, 1.165) is 28.3 Å². The van der Waals surface area contributed by atoms with Gasteiger partial charge in [0.25, 0.3) is 0 Å². The van der Waals surface area contributed by atoms with Crippen LogP contribution in [0.2, 0.25) is 0 Å². The highest BCUT2D eigenvalue weighted by atomic mass is 35.5. The van der Waals surface area contributed by atoms with Crippen LogP contribution >= 0.6 is 11.6 Å². The van der Waals surface area contributed by atoms with E-state index >= 15 is 0 Å². The number of aromatic nitrogens is 3. The summed E-state index contributed by atoms with van der Waals surface area (Å²) in [4.78, 5) is 9.00. The van der Waals surface area contributed by atoms with Crippen LogP contribution in [-0.2, 0) is 12.4 Å². The molecule has 0 N–H and O–H groups in total. The molecule has 0 fully saturated rings. The second kappa shape index (κ2) is 6.14. The Kier molecular flexibility index (Phi) is 4.06. The van der Waals surface area contributed by atoms with Crippen molar-refractivity contribution in [3.63, 3.8) is 0 Å². The van der Waals surface area contributed by atoms with E-state index in [1.807, 2.05) is 43.3 Å². The van der Waals surface area contributed by atoms with Gasteiger partial charge in [-0.15, -0.1) is 11.6 Å². The fourth-order valence-corrected chi connectivity index (χ4v) is 2.58. The van der Waals surface area contributed by atoms with Gasteiger partial charge < -0.3 is 9.30 Å². The molecule has 108 valence electrons. The Hall–Kier alpha value is -2.07. The number of halogens is 1. The lowest BCUT2D eigenvalue weighted by Crippen LogP contribution is -2.05. The molecule has 0 saturated carbocycles. The van der Waals surface area contributed by atoms with Crippen molar-refractivity contribution in [2.24, 2.45) is 0 Å². The maximum absolute atomic E-state index is 6.05. The molecule has 0 saturated heterocycles. The van der Waals surface area contributed by atoms with Crippen molar-refractivity contribution in [2.75, 3.05) is 6.61 Å². The quantitative estimate of drug-likeness (QED) is 0.676. The van der Waals surface area contributed by atoms with Gasteiger partial charge >= 0.3 is 0 Å². The summed E-state index contributed by atoms with van der Waals surface area (Å²) in [6.07, 6.45) is 1.79. The third-order valence-electron chi connectivity index (χ3n) is 3.29. The van der Waals surface area contributed by atoms with E-state index in [4.69, 9.17) is 16.3 Å². The predicted molar refractivity (Wildman–Crippen MR) is 83.8 cm³/mol. The molecule has 0 atom stereocenters. The van der Waals surface area contributed by atoms with Crippen molar-refractivity contribution in [2.45, 2.75) is 19.3 Å². The van der Waals surface area contributed by atoms with Crippen LogP contribution in [0.5, 0.6) is 5.75 Å². The molecule has 0 radical (unpaired) electrons. The standard InChI is InChI=1S/C16H16ClN3O/c1-2-21-14-8-5-7-13-16(14)19-15(10-17)20(13)11-12-6-3-4-9-18-12/h3-9H,2,10-11H2,1H3. The highest BCUT2D eigenvalue weighted by Gasteiger charge is 2.14. The first kappa shape index (κ1) is 13.9. The highest BCUT2D eigenvalue weighted by molar-refractivity contribution is 6.16. The lowest BCUT2D eigenvalue weighted by molar-refractivity contribution is 0.343. The number of hydrogen-bond acceptors (Lipinski definition) is 3. The molecule has 2 aromatic heterocycles. The number of alkyl halides is 1. The Labute approximate surface area is 128 Å². The summed E-state index contributed by atoms with van der Waals surface area (Å²) in [6.45, 7) is 3.23. The summed E-state index contributed by atoms with van der Waals surface area (Å²) < 4.78 is 7.74. The third-order valence-corrected chi connectivity index (χ3v) is 3.53. The molecule has 0 aliphatic rings. The topological polar surface area (TPSA) is 39.9 Å². The van der Waals surface area contributed by atoms with E-state index in [1.54, 1.807) is 6.20 Å². The fourth-order valence-electron chi connectivity index (χ4n) is 2.37. The van der Waals surface area contributed by atoms with Crippen LogP contribution in [0.15, 0.2) is 42.6 Å². The molecule has 5 heteroatoms. The number of ether oxygens (including phenoxy) is 1. The Morgan fingerprint density at radius 2 is 2.10 bits per heavy atom. The average molecular weight is 302 g/mol. The van der Waals surface area contributed by atoms with Crippen LogP contribution in [0.25, 0.3) is 11.0 Å². The minimum atomic E-state index is 0.354. The van der Waals surface area contributed by atoms with E-state index in [9.17, 15) is 0 Å². The van der Waals surface area contributed by atoms with Gasteiger partial charge in [-0.05, 0) is 31.2 Å². The molecule has 21 heavy (non-hydrogen) atoms. The molecule has 0 aliphatic heterocycles. The second-order valence-corrected chi connectivity index (χ2v) is 4.89. The zero-order chi connectivity index (χ0) is 14.7. The lowest BCUT2D eigenvalue weighted by atomic mass is 10.3.